The fraction of sp³-hybridized carbons (Fsp3) is 0.579. The Bertz CT molecular complexity index is 592. The molecule has 0 aromatic heterocycles. The molecule has 1 aromatic rings. The average molecular weight is 335 g/mol. The first-order valence-corrected chi connectivity index (χ1v) is 8.47. The largest absolute Gasteiger partial charge is 0.444 e. The van der Waals surface area contributed by atoms with Crippen molar-refractivity contribution in [2.24, 2.45) is 0 Å². The van der Waals surface area contributed by atoms with Crippen molar-refractivity contribution < 1.29 is 18.7 Å². The molecule has 1 fully saturated rings. The molecule has 1 heterocycles. The summed E-state index contributed by atoms with van der Waals surface area (Å²) in [4.78, 5) is 26.5. The molecule has 0 aliphatic carbocycles. The van der Waals surface area contributed by atoms with Gasteiger partial charge in [0, 0.05) is 24.9 Å². The van der Waals surface area contributed by atoms with Gasteiger partial charge in [0.25, 0.3) is 0 Å². The third-order valence-electron chi connectivity index (χ3n) is 4.17. The van der Waals surface area contributed by atoms with Gasteiger partial charge in [0.05, 0.1) is 0 Å². The van der Waals surface area contributed by atoms with E-state index in [0.29, 0.717) is 25.7 Å². The second-order valence-electron chi connectivity index (χ2n) is 7.38. The summed E-state index contributed by atoms with van der Waals surface area (Å²) in [6.45, 7) is 7.46. The predicted molar refractivity (Wildman–Crippen MR) is 90.3 cm³/mol. The summed E-state index contributed by atoms with van der Waals surface area (Å²) in [5, 5.41) is 0. The number of hydrogen-bond acceptors (Lipinski definition) is 3. The van der Waals surface area contributed by atoms with Crippen molar-refractivity contribution in [3.8, 4) is 0 Å². The standard InChI is InChI=1S/C19H26FNO3/c1-5-15-11-17(22)12-16(10-13-6-8-14(20)9-7-13)21(15)18(23)24-19(2,3)4/h6-9,15-16H,5,10-12H2,1-4H3. The van der Waals surface area contributed by atoms with Crippen LogP contribution < -0.4 is 0 Å². The lowest BCUT2D eigenvalue weighted by Gasteiger charge is -2.41. The molecule has 4 nitrogen and oxygen atoms in total. The van der Waals surface area contributed by atoms with Gasteiger partial charge in [-0.25, -0.2) is 9.18 Å². The van der Waals surface area contributed by atoms with Gasteiger partial charge in [-0.1, -0.05) is 19.1 Å². The van der Waals surface area contributed by atoms with Crippen LogP contribution in [0.5, 0.6) is 0 Å². The molecule has 1 aromatic carbocycles. The Balaban J connectivity index is 2.23. The lowest BCUT2D eigenvalue weighted by molar-refractivity contribution is -0.125. The van der Waals surface area contributed by atoms with Crippen molar-refractivity contribution in [3.63, 3.8) is 0 Å². The maximum Gasteiger partial charge on any atom is 0.410 e. The topological polar surface area (TPSA) is 46.6 Å². The summed E-state index contributed by atoms with van der Waals surface area (Å²) >= 11 is 0. The molecule has 0 N–H and O–H groups in total. The number of Topliss-reactive ketones (excluding diaryl/α,β-unsaturated/α-hetero) is 1. The number of rotatable bonds is 3. The monoisotopic (exact) mass is 335 g/mol. The predicted octanol–water partition coefficient (Wildman–Crippen LogP) is 4.12. The van der Waals surface area contributed by atoms with E-state index in [-0.39, 0.29) is 29.8 Å². The fourth-order valence-corrected chi connectivity index (χ4v) is 3.12. The van der Waals surface area contributed by atoms with Crippen LogP contribution in [0.25, 0.3) is 0 Å². The molecule has 0 saturated carbocycles. The Hall–Kier alpha value is -1.91. The summed E-state index contributed by atoms with van der Waals surface area (Å²) in [6, 6.07) is 5.79. The zero-order chi connectivity index (χ0) is 17.9. The van der Waals surface area contributed by atoms with Crippen LogP contribution in [0, 0.1) is 5.82 Å². The first-order valence-electron chi connectivity index (χ1n) is 8.47. The molecular weight excluding hydrogens is 309 g/mol. The highest BCUT2D eigenvalue weighted by Gasteiger charge is 2.39. The molecule has 2 atom stereocenters. The number of amides is 1. The Morgan fingerprint density at radius 1 is 1.21 bits per heavy atom. The third kappa shape index (κ3) is 4.79. The Kier molecular flexibility index (Phi) is 5.62. The molecule has 1 aliphatic rings. The third-order valence-corrected chi connectivity index (χ3v) is 4.17. The zero-order valence-electron chi connectivity index (χ0n) is 14.8. The summed E-state index contributed by atoms with van der Waals surface area (Å²) in [5.74, 6) is -0.136. The van der Waals surface area contributed by atoms with Gasteiger partial charge in [0.15, 0.2) is 0 Å². The maximum atomic E-state index is 13.1. The number of carbonyl (C=O) groups excluding carboxylic acids is 2. The molecular formula is C19H26FNO3. The van der Waals surface area contributed by atoms with E-state index in [1.807, 2.05) is 27.7 Å². The van der Waals surface area contributed by atoms with Gasteiger partial charge in [0.1, 0.15) is 17.2 Å². The van der Waals surface area contributed by atoms with Crippen molar-refractivity contribution >= 4 is 11.9 Å². The second-order valence-corrected chi connectivity index (χ2v) is 7.38. The van der Waals surface area contributed by atoms with Gasteiger partial charge in [-0.15, -0.1) is 0 Å². The molecule has 2 rings (SSSR count). The SMILES string of the molecule is CCC1CC(=O)CC(Cc2ccc(F)cc2)N1C(=O)OC(C)(C)C. The Labute approximate surface area is 143 Å². The molecule has 1 saturated heterocycles. The first-order chi connectivity index (χ1) is 11.2. The molecule has 1 amide bonds. The highest BCUT2D eigenvalue weighted by Crippen LogP contribution is 2.27. The van der Waals surface area contributed by atoms with Gasteiger partial charge in [-0.2, -0.15) is 0 Å². The van der Waals surface area contributed by atoms with Crippen LogP contribution in [0.4, 0.5) is 9.18 Å². The van der Waals surface area contributed by atoms with Crippen LogP contribution in [0.3, 0.4) is 0 Å². The Morgan fingerprint density at radius 2 is 1.79 bits per heavy atom. The minimum Gasteiger partial charge on any atom is -0.444 e. The number of hydrogen-bond donors (Lipinski definition) is 0. The van der Waals surface area contributed by atoms with Crippen molar-refractivity contribution in [2.75, 3.05) is 0 Å². The van der Waals surface area contributed by atoms with E-state index >= 15 is 0 Å². The van der Waals surface area contributed by atoms with Gasteiger partial charge in [-0.3, -0.25) is 4.79 Å². The van der Waals surface area contributed by atoms with E-state index in [1.54, 1.807) is 17.0 Å². The van der Waals surface area contributed by atoms with Gasteiger partial charge < -0.3 is 9.64 Å². The number of ketones is 1. The molecule has 0 bridgehead atoms. The number of benzene rings is 1. The normalized spacial score (nSPS) is 21.7. The van der Waals surface area contributed by atoms with E-state index in [4.69, 9.17) is 4.74 Å². The van der Waals surface area contributed by atoms with Crippen LogP contribution in [-0.2, 0) is 16.0 Å². The van der Waals surface area contributed by atoms with E-state index in [9.17, 15) is 14.0 Å². The zero-order valence-corrected chi connectivity index (χ0v) is 14.8. The number of likely N-dealkylation sites (tertiary alicyclic amines) is 1. The summed E-state index contributed by atoms with van der Waals surface area (Å²) < 4.78 is 18.6. The summed E-state index contributed by atoms with van der Waals surface area (Å²) in [7, 11) is 0. The molecule has 0 spiro atoms. The number of nitrogens with zero attached hydrogens (tertiary/aromatic N) is 1. The molecule has 0 radical (unpaired) electrons. The van der Waals surface area contributed by atoms with E-state index in [1.165, 1.54) is 12.1 Å². The number of halogens is 1. The van der Waals surface area contributed by atoms with Crippen molar-refractivity contribution in [3.05, 3.63) is 35.6 Å². The Morgan fingerprint density at radius 3 is 2.33 bits per heavy atom. The van der Waals surface area contributed by atoms with Crippen LogP contribution in [0.15, 0.2) is 24.3 Å². The van der Waals surface area contributed by atoms with Gasteiger partial charge in [-0.05, 0) is 51.3 Å². The van der Waals surface area contributed by atoms with Crippen molar-refractivity contribution in [1.29, 1.82) is 0 Å². The molecule has 132 valence electrons. The van der Waals surface area contributed by atoms with Crippen molar-refractivity contribution in [2.45, 2.75) is 71.1 Å². The second kappa shape index (κ2) is 7.32. The number of ether oxygens (including phenoxy) is 1. The quantitative estimate of drug-likeness (QED) is 0.835. The van der Waals surface area contributed by atoms with Crippen LogP contribution in [-0.4, -0.2) is 34.5 Å². The highest BCUT2D eigenvalue weighted by molar-refractivity contribution is 5.83. The molecule has 1 aliphatic heterocycles. The first kappa shape index (κ1) is 18.4. The molecule has 5 heteroatoms. The fourth-order valence-electron chi connectivity index (χ4n) is 3.12. The van der Waals surface area contributed by atoms with Crippen LogP contribution in [0.2, 0.25) is 0 Å². The van der Waals surface area contributed by atoms with Crippen LogP contribution in [0.1, 0.15) is 52.5 Å². The minimum atomic E-state index is -0.586. The van der Waals surface area contributed by atoms with Crippen molar-refractivity contribution in [1.82, 2.24) is 4.90 Å². The summed E-state index contributed by atoms with van der Waals surface area (Å²) in [5.41, 5.74) is 0.316. The molecule has 24 heavy (non-hydrogen) atoms. The lowest BCUT2D eigenvalue weighted by atomic mass is 9.89. The van der Waals surface area contributed by atoms with E-state index in [2.05, 4.69) is 0 Å². The summed E-state index contributed by atoms with van der Waals surface area (Å²) in [6.07, 6.45) is 1.52. The molecule has 2 unspecified atom stereocenters. The minimum absolute atomic E-state index is 0.147. The van der Waals surface area contributed by atoms with Gasteiger partial charge in [0.2, 0.25) is 0 Å². The highest BCUT2D eigenvalue weighted by atomic mass is 19.1. The number of carbonyl (C=O) groups is 2. The average Bonchev–Trinajstić information content (AvgIpc) is 2.47. The maximum absolute atomic E-state index is 13.1. The van der Waals surface area contributed by atoms with E-state index < -0.39 is 5.60 Å². The number of piperidine rings is 1. The van der Waals surface area contributed by atoms with Crippen LogP contribution >= 0.6 is 0 Å². The lowest BCUT2D eigenvalue weighted by Crippen LogP contribution is -2.54. The smallest absolute Gasteiger partial charge is 0.410 e. The van der Waals surface area contributed by atoms with Gasteiger partial charge >= 0.3 is 6.09 Å². The van der Waals surface area contributed by atoms with E-state index in [0.717, 1.165) is 5.56 Å².